The van der Waals surface area contributed by atoms with E-state index in [1.165, 1.54) is 10.9 Å². The first kappa shape index (κ1) is 16.4. The number of hydrogen-bond acceptors (Lipinski definition) is 5. The molecule has 0 aliphatic carbocycles. The second kappa shape index (κ2) is 6.21. The first-order valence-electron chi connectivity index (χ1n) is 7.53. The molecule has 0 saturated carbocycles. The summed E-state index contributed by atoms with van der Waals surface area (Å²) < 4.78 is 40.0. The fourth-order valence-electron chi connectivity index (χ4n) is 2.85. The molecule has 0 N–H and O–H groups in total. The normalized spacial score (nSPS) is 18.2. The van der Waals surface area contributed by atoms with Gasteiger partial charge >= 0.3 is 6.18 Å². The number of carbonyl (C=O) groups is 1. The van der Waals surface area contributed by atoms with Crippen LogP contribution in [-0.2, 0) is 13.2 Å². The van der Waals surface area contributed by atoms with Crippen LogP contribution in [0.15, 0.2) is 24.7 Å². The maximum atomic E-state index is 12.8. The number of carbonyl (C=O) groups excluding carboxylic acids is 1. The minimum Gasteiger partial charge on any atom is -0.337 e. The number of rotatable bonds is 4. The topological polar surface area (TPSA) is 63.9 Å². The van der Waals surface area contributed by atoms with Gasteiger partial charge in [-0.15, -0.1) is 0 Å². The molecule has 2 aromatic rings. The summed E-state index contributed by atoms with van der Waals surface area (Å²) >= 11 is 0. The molecule has 0 spiro atoms. The predicted molar refractivity (Wildman–Crippen MR) is 79.6 cm³/mol. The summed E-state index contributed by atoms with van der Waals surface area (Å²) in [6.45, 7) is 0.534. The fraction of sp³-hybridized carbons (Fsp3) is 0.467. The molecule has 2 aromatic heterocycles. The number of aromatic nitrogens is 4. The molecule has 0 bridgehead atoms. The summed E-state index contributed by atoms with van der Waals surface area (Å²) in [5.74, 6) is -0.0710. The van der Waals surface area contributed by atoms with Gasteiger partial charge in [0.25, 0.3) is 0 Å². The van der Waals surface area contributed by atoms with Crippen LogP contribution in [0.2, 0.25) is 0 Å². The summed E-state index contributed by atoms with van der Waals surface area (Å²) in [4.78, 5) is 21.6. The summed E-state index contributed by atoms with van der Waals surface area (Å²) in [5.41, 5.74) is -0.481. The highest BCUT2D eigenvalue weighted by Gasteiger charge is 2.35. The third-order valence-electron chi connectivity index (χ3n) is 4.02. The summed E-state index contributed by atoms with van der Waals surface area (Å²) in [7, 11) is 1.72. The Morgan fingerprint density at radius 1 is 1.42 bits per heavy atom. The Kier molecular flexibility index (Phi) is 4.25. The highest BCUT2D eigenvalue weighted by molar-refractivity contribution is 5.96. The smallest absolute Gasteiger partial charge is 0.337 e. The van der Waals surface area contributed by atoms with Crippen LogP contribution < -0.4 is 4.90 Å². The first-order valence-corrected chi connectivity index (χ1v) is 7.53. The number of Topliss-reactive ketones (excluding diaryl/α,β-unsaturated/α-hetero) is 1. The Morgan fingerprint density at radius 3 is 2.88 bits per heavy atom. The summed E-state index contributed by atoms with van der Waals surface area (Å²) in [6, 6.07) is 0.635. The molecule has 1 aliphatic rings. The molecule has 24 heavy (non-hydrogen) atoms. The van der Waals surface area contributed by atoms with Gasteiger partial charge in [0, 0.05) is 38.4 Å². The molecule has 3 heterocycles. The van der Waals surface area contributed by atoms with E-state index in [4.69, 9.17) is 0 Å². The van der Waals surface area contributed by atoms with E-state index in [0.29, 0.717) is 18.5 Å². The van der Waals surface area contributed by atoms with Gasteiger partial charge in [-0.25, -0.2) is 9.97 Å². The maximum absolute atomic E-state index is 12.8. The van der Waals surface area contributed by atoms with E-state index in [1.54, 1.807) is 18.1 Å². The number of nitrogens with zero attached hydrogens (tertiary/aromatic N) is 5. The van der Waals surface area contributed by atoms with Crippen molar-refractivity contribution < 1.29 is 18.0 Å². The molecular formula is C15H16F3N5O. The molecule has 0 aromatic carbocycles. The minimum absolute atomic E-state index is 0.0197. The number of halogens is 3. The van der Waals surface area contributed by atoms with Crippen molar-refractivity contribution in [3.8, 4) is 0 Å². The SMILES string of the molecule is Cn1cc(C(=O)C[C@@H]2CCCN2c2nccc(C(F)(F)F)n2)cn1. The van der Waals surface area contributed by atoms with Crippen LogP contribution in [0.3, 0.4) is 0 Å². The van der Waals surface area contributed by atoms with Crippen molar-refractivity contribution in [3.05, 3.63) is 35.9 Å². The van der Waals surface area contributed by atoms with E-state index in [1.807, 2.05) is 0 Å². The van der Waals surface area contributed by atoms with Gasteiger partial charge in [-0.1, -0.05) is 0 Å². The highest BCUT2D eigenvalue weighted by atomic mass is 19.4. The number of aryl methyl sites for hydroxylation is 1. The third kappa shape index (κ3) is 3.39. The van der Waals surface area contributed by atoms with Gasteiger partial charge < -0.3 is 4.90 Å². The van der Waals surface area contributed by atoms with E-state index >= 15 is 0 Å². The molecule has 6 nitrogen and oxygen atoms in total. The molecule has 3 rings (SSSR count). The van der Waals surface area contributed by atoms with Crippen molar-refractivity contribution >= 4 is 11.7 Å². The van der Waals surface area contributed by atoms with Crippen molar-refractivity contribution in [2.24, 2.45) is 7.05 Å². The van der Waals surface area contributed by atoms with Crippen LogP contribution in [0.5, 0.6) is 0 Å². The average Bonchev–Trinajstić information content (AvgIpc) is 3.15. The lowest BCUT2D eigenvalue weighted by Gasteiger charge is -2.24. The zero-order valence-electron chi connectivity index (χ0n) is 13.0. The molecule has 128 valence electrons. The molecule has 0 amide bonds. The largest absolute Gasteiger partial charge is 0.433 e. The fourth-order valence-corrected chi connectivity index (χ4v) is 2.85. The van der Waals surface area contributed by atoms with Crippen LogP contribution in [0.4, 0.5) is 19.1 Å². The molecular weight excluding hydrogens is 323 g/mol. The van der Waals surface area contributed by atoms with Crippen LogP contribution in [0.25, 0.3) is 0 Å². The molecule has 0 unspecified atom stereocenters. The second-order valence-electron chi connectivity index (χ2n) is 5.76. The van der Waals surface area contributed by atoms with Gasteiger partial charge in [-0.05, 0) is 18.9 Å². The Labute approximate surface area is 136 Å². The Morgan fingerprint density at radius 2 is 2.21 bits per heavy atom. The predicted octanol–water partition coefficient (Wildman–Crippen LogP) is 2.47. The lowest BCUT2D eigenvalue weighted by molar-refractivity contribution is -0.141. The summed E-state index contributed by atoms with van der Waals surface area (Å²) in [6.07, 6.45) is 1.40. The molecule has 1 fully saturated rings. The summed E-state index contributed by atoms with van der Waals surface area (Å²) in [5, 5.41) is 3.96. The zero-order chi connectivity index (χ0) is 17.3. The van der Waals surface area contributed by atoms with E-state index < -0.39 is 11.9 Å². The molecule has 1 aliphatic heterocycles. The lowest BCUT2D eigenvalue weighted by atomic mass is 10.0. The van der Waals surface area contributed by atoms with Gasteiger partial charge in [0.1, 0.15) is 5.69 Å². The molecule has 1 saturated heterocycles. The van der Waals surface area contributed by atoms with Gasteiger partial charge in [-0.2, -0.15) is 18.3 Å². The van der Waals surface area contributed by atoms with E-state index in [2.05, 4.69) is 15.1 Å². The van der Waals surface area contributed by atoms with Gasteiger partial charge in [0.2, 0.25) is 5.95 Å². The van der Waals surface area contributed by atoms with Crippen molar-refractivity contribution in [2.75, 3.05) is 11.4 Å². The van der Waals surface area contributed by atoms with Crippen LogP contribution in [0.1, 0.15) is 35.3 Å². The second-order valence-corrected chi connectivity index (χ2v) is 5.76. The highest BCUT2D eigenvalue weighted by Crippen LogP contribution is 2.30. The number of ketones is 1. The van der Waals surface area contributed by atoms with E-state index in [0.717, 1.165) is 18.7 Å². The van der Waals surface area contributed by atoms with Gasteiger partial charge in [-0.3, -0.25) is 9.48 Å². The monoisotopic (exact) mass is 339 g/mol. The van der Waals surface area contributed by atoms with Crippen LogP contribution in [-0.4, -0.2) is 38.1 Å². The van der Waals surface area contributed by atoms with E-state index in [-0.39, 0.29) is 24.2 Å². The van der Waals surface area contributed by atoms with Crippen LogP contribution >= 0.6 is 0 Å². The maximum Gasteiger partial charge on any atom is 0.433 e. The number of alkyl halides is 3. The average molecular weight is 339 g/mol. The minimum atomic E-state index is -4.52. The molecule has 0 radical (unpaired) electrons. The zero-order valence-corrected chi connectivity index (χ0v) is 13.0. The van der Waals surface area contributed by atoms with Crippen molar-refractivity contribution in [2.45, 2.75) is 31.5 Å². The molecule has 9 heteroatoms. The standard InChI is InChI=1S/C15H16F3N5O/c1-22-9-10(8-20-22)12(24)7-11-3-2-6-23(11)14-19-5-4-13(21-14)15(16,17)18/h4-5,8-9,11H,2-3,6-7H2,1H3/t11-/m0/s1. The van der Waals surface area contributed by atoms with Crippen molar-refractivity contribution in [3.63, 3.8) is 0 Å². The Bertz CT molecular complexity index is 743. The number of anilines is 1. The number of hydrogen-bond donors (Lipinski definition) is 0. The lowest BCUT2D eigenvalue weighted by Crippen LogP contribution is -2.33. The first-order chi connectivity index (χ1) is 11.3. The van der Waals surface area contributed by atoms with Gasteiger partial charge in [0.15, 0.2) is 5.78 Å². The van der Waals surface area contributed by atoms with E-state index in [9.17, 15) is 18.0 Å². The Hall–Kier alpha value is -2.45. The van der Waals surface area contributed by atoms with Crippen LogP contribution in [0, 0.1) is 0 Å². The van der Waals surface area contributed by atoms with Crippen molar-refractivity contribution in [1.29, 1.82) is 0 Å². The van der Waals surface area contributed by atoms with Crippen molar-refractivity contribution in [1.82, 2.24) is 19.7 Å². The molecule has 1 atom stereocenters. The van der Waals surface area contributed by atoms with Gasteiger partial charge in [0.05, 0.1) is 11.8 Å². The quantitative estimate of drug-likeness (QED) is 0.801. The third-order valence-corrected chi connectivity index (χ3v) is 4.02. The Balaban J connectivity index is 1.77.